The van der Waals surface area contributed by atoms with E-state index < -0.39 is 10.2 Å². The topological polar surface area (TPSA) is 72.9 Å². The zero-order valence-electron chi connectivity index (χ0n) is 11.5. The molecule has 0 saturated heterocycles. The SMILES string of the molecule is CN(C)c1ccc(NS(=O)(=O)N(C)CCCO)cc1. The van der Waals surface area contributed by atoms with Gasteiger partial charge in [-0.25, -0.2) is 0 Å². The normalized spacial score (nSPS) is 11.6. The molecule has 0 aliphatic heterocycles. The van der Waals surface area contributed by atoms with Gasteiger partial charge in [-0.15, -0.1) is 0 Å². The van der Waals surface area contributed by atoms with Crippen LogP contribution in [-0.2, 0) is 10.2 Å². The summed E-state index contributed by atoms with van der Waals surface area (Å²) >= 11 is 0. The molecular weight excluding hydrogens is 266 g/mol. The van der Waals surface area contributed by atoms with Crippen LogP contribution in [0.2, 0.25) is 0 Å². The molecule has 0 spiro atoms. The molecule has 1 rings (SSSR count). The Morgan fingerprint density at radius 1 is 1.16 bits per heavy atom. The molecule has 0 heterocycles. The van der Waals surface area contributed by atoms with Gasteiger partial charge in [0.25, 0.3) is 0 Å². The van der Waals surface area contributed by atoms with Gasteiger partial charge in [0.05, 0.1) is 0 Å². The molecule has 7 heteroatoms. The minimum Gasteiger partial charge on any atom is -0.396 e. The van der Waals surface area contributed by atoms with E-state index in [1.165, 1.54) is 11.4 Å². The van der Waals surface area contributed by atoms with Crippen LogP contribution in [0.4, 0.5) is 11.4 Å². The summed E-state index contributed by atoms with van der Waals surface area (Å²) in [5.41, 5.74) is 1.51. The van der Waals surface area contributed by atoms with Gasteiger partial charge in [-0.1, -0.05) is 0 Å². The second kappa shape index (κ2) is 6.74. The summed E-state index contributed by atoms with van der Waals surface area (Å²) in [5.74, 6) is 0. The molecule has 0 bridgehead atoms. The van der Waals surface area contributed by atoms with Gasteiger partial charge in [0.2, 0.25) is 0 Å². The van der Waals surface area contributed by atoms with Crippen molar-refractivity contribution in [3.8, 4) is 0 Å². The maximum Gasteiger partial charge on any atom is 0.301 e. The van der Waals surface area contributed by atoms with Crippen molar-refractivity contribution in [2.75, 3.05) is 43.9 Å². The van der Waals surface area contributed by atoms with Crippen LogP contribution in [0.25, 0.3) is 0 Å². The molecule has 0 aliphatic carbocycles. The number of hydrogen-bond donors (Lipinski definition) is 2. The van der Waals surface area contributed by atoms with Gasteiger partial charge in [0.1, 0.15) is 0 Å². The average molecular weight is 287 g/mol. The molecule has 0 fully saturated rings. The van der Waals surface area contributed by atoms with E-state index in [1.807, 2.05) is 31.1 Å². The van der Waals surface area contributed by atoms with Gasteiger partial charge >= 0.3 is 10.2 Å². The van der Waals surface area contributed by atoms with Crippen LogP contribution in [0.1, 0.15) is 6.42 Å². The summed E-state index contributed by atoms with van der Waals surface area (Å²) in [7, 11) is 1.76. The highest BCUT2D eigenvalue weighted by atomic mass is 32.2. The lowest BCUT2D eigenvalue weighted by Crippen LogP contribution is -2.33. The van der Waals surface area contributed by atoms with Crippen molar-refractivity contribution in [2.24, 2.45) is 0 Å². The van der Waals surface area contributed by atoms with Crippen molar-refractivity contribution >= 4 is 21.6 Å². The van der Waals surface area contributed by atoms with Crippen LogP contribution in [0, 0.1) is 0 Å². The van der Waals surface area contributed by atoms with Crippen molar-refractivity contribution in [1.82, 2.24) is 4.31 Å². The molecule has 19 heavy (non-hydrogen) atoms. The summed E-state index contributed by atoms with van der Waals surface area (Å²) in [5, 5.41) is 8.71. The highest BCUT2D eigenvalue weighted by Crippen LogP contribution is 2.17. The van der Waals surface area contributed by atoms with Gasteiger partial charge in [-0.2, -0.15) is 12.7 Å². The van der Waals surface area contributed by atoms with Gasteiger partial charge in [0.15, 0.2) is 0 Å². The van der Waals surface area contributed by atoms with Crippen LogP contribution in [0.5, 0.6) is 0 Å². The number of anilines is 2. The second-order valence-corrected chi connectivity index (χ2v) is 6.22. The van der Waals surface area contributed by atoms with E-state index in [-0.39, 0.29) is 13.2 Å². The quantitative estimate of drug-likeness (QED) is 0.775. The summed E-state index contributed by atoms with van der Waals surface area (Å²) in [6, 6.07) is 7.11. The predicted molar refractivity (Wildman–Crippen MR) is 77.6 cm³/mol. The van der Waals surface area contributed by atoms with Crippen LogP contribution in [0.3, 0.4) is 0 Å². The third-order valence-electron chi connectivity index (χ3n) is 2.67. The first kappa shape index (κ1) is 15.7. The Kier molecular flexibility index (Phi) is 5.59. The van der Waals surface area contributed by atoms with Crippen molar-refractivity contribution in [3.63, 3.8) is 0 Å². The number of hydrogen-bond acceptors (Lipinski definition) is 4. The second-order valence-electron chi connectivity index (χ2n) is 4.45. The number of nitrogens with zero attached hydrogens (tertiary/aromatic N) is 2. The van der Waals surface area contributed by atoms with Crippen LogP contribution in [0.15, 0.2) is 24.3 Å². The molecule has 0 atom stereocenters. The molecule has 0 saturated carbocycles. The number of nitrogens with one attached hydrogen (secondary N) is 1. The number of rotatable bonds is 7. The Bertz CT molecular complexity index is 485. The first-order valence-corrected chi connectivity index (χ1v) is 7.43. The average Bonchev–Trinajstić information content (AvgIpc) is 2.36. The third-order valence-corrected chi connectivity index (χ3v) is 4.17. The van der Waals surface area contributed by atoms with E-state index in [9.17, 15) is 8.42 Å². The van der Waals surface area contributed by atoms with E-state index in [0.29, 0.717) is 12.1 Å². The Morgan fingerprint density at radius 2 is 1.74 bits per heavy atom. The van der Waals surface area contributed by atoms with Crippen LogP contribution < -0.4 is 9.62 Å². The molecule has 0 aromatic heterocycles. The van der Waals surface area contributed by atoms with Crippen molar-refractivity contribution < 1.29 is 13.5 Å². The minimum absolute atomic E-state index is 0.0304. The van der Waals surface area contributed by atoms with Crippen LogP contribution in [-0.4, -0.2) is 52.1 Å². The first-order chi connectivity index (χ1) is 8.86. The van der Waals surface area contributed by atoms with E-state index >= 15 is 0 Å². The smallest absolute Gasteiger partial charge is 0.301 e. The number of aliphatic hydroxyl groups is 1. The zero-order chi connectivity index (χ0) is 14.5. The molecule has 0 radical (unpaired) electrons. The van der Waals surface area contributed by atoms with E-state index in [0.717, 1.165) is 5.69 Å². The lowest BCUT2D eigenvalue weighted by molar-refractivity contribution is 0.276. The highest BCUT2D eigenvalue weighted by Gasteiger charge is 2.16. The zero-order valence-corrected chi connectivity index (χ0v) is 12.3. The Hall–Kier alpha value is -1.31. The fraction of sp³-hybridized carbons (Fsp3) is 0.500. The van der Waals surface area contributed by atoms with Gasteiger partial charge < -0.3 is 10.0 Å². The summed E-state index contributed by atoms with van der Waals surface area (Å²) in [4.78, 5) is 1.94. The lowest BCUT2D eigenvalue weighted by atomic mass is 10.3. The van der Waals surface area contributed by atoms with Gasteiger partial charge in [-0.05, 0) is 30.7 Å². The molecule has 1 aromatic carbocycles. The first-order valence-electron chi connectivity index (χ1n) is 5.99. The standard InChI is InChI=1S/C12H21N3O3S/c1-14(2)12-7-5-11(6-8-12)13-19(17,18)15(3)9-4-10-16/h5-8,13,16H,4,9-10H2,1-3H3. The van der Waals surface area contributed by atoms with Gasteiger partial charge in [0, 0.05) is 45.7 Å². The fourth-order valence-electron chi connectivity index (χ4n) is 1.47. The fourth-order valence-corrected chi connectivity index (χ4v) is 2.43. The molecule has 0 unspecified atom stereocenters. The number of aliphatic hydroxyl groups excluding tert-OH is 1. The Balaban J connectivity index is 2.72. The van der Waals surface area contributed by atoms with Crippen molar-refractivity contribution in [2.45, 2.75) is 6.42 Å². The summed E-state index contributed by atoms with van der Waals surface area (Å²) in [6.45, 7) is 0.249. The Morgan fingerprint density at radius 3 is 2.21 bits per heavy atom. The van der Waals surface area contributed by atoms with Crippen LogP contribution >= 0.6 is 0 Å². The molecular formula is C12H21N3O3S. The third kappa shape index (κ3) is 4.70. The molecule has 0 amide bonds. The van der Waals surface area contributed by atoms with Crippen molar-refractivity contribution in [3.05, 3.63) is 24.3 Å². The molecule has 1 aromatic rings. The maximum absolute atomic E-state index is 11.9. The lowest BCUT2D eigenvalue weighted by Gasteiger charge is -2.18. The molecule has 108 valence electrons. The number of benzene rings is 1. The summed E-state index contributed by atoms with van der Waals surface area (Å²) < 4.78 is 27.6. The minimum atomic E-state index is -3.56. The van der Waals surface area contributed by atoms with E-state index in [1.54, 1.807) is 12.1 Å². The molecule has 0 aliphatic rings. The highest BCUT2D eigenvalue weighted by molar-refractivity contribution is 7.90. The maximum atomic E-state index is 11.9. The van der Waals surface area contributed by atoms with E-state index in [2.05, 4.69) is 4.72 Å². The monoisotopic (exact) mass is 287 g/mol. The summed E-state index contributed by atoms with van der Waals surface area (Å²) in [6.07, 6.45) is 0.414. The van der Waals surface area contributed by atoms with Gasteiger partial charge in [-0.3, -0.25) is 4.72 Å². The largest absolute Gasteiger partial charge is 0.396 e. The molecule has 2 N–H and O–H groups in total. The molecule has 6 nitrogen and oxygen atoms in total. The van der Waals surface area contributed by atoms with Crippen molar-refractivity contribution in [1.29, 1.82) is 0 Å². The van der Waals surface area contributed by atoms with E-state index in [4.69, 9.17) is 5.11 Å². The predicted octanol–water partition coefficient (Wildman–Crippen LogP) is 0.723. The Labute approximate surface area is 114 Å².